The SMILES string of the molecule is CCCC[Te](Br)(CCCC)CC(=O)N1CCCCC1. The van der Waals surface area contributed by atoms with Gasteiger partial charge >= 0.3 is 130 Å². The number of likely N-dealkylation sites (tertiary alicyclic amines) is 1. The molecule has 0 aromatic carbocycles. The third-order valence-electron chi connectivity index (χ3n) is 3.82. The van der Waals surface area contributed by atoms with Gasteiger partial charge in [-0.25, -0.2) is 0 Å². The standard InChI is InChI=1S/C15H30BrNOTe/c1-3-5-12-19(16,13-6-4-2)14-15(18)17-10-8-7-9-11-17/h3-14H2,1-2H3. The van der Waals surface area contributed by atoms with E-state index in [1.54, 1.807) is 0 Å². The average molecular weight is 448 g/mol. The fourth-order valence-corrected chi connectivity index (χ4v) is 14.7. The van der Waals surface area contributed by atoms with Gasteiger partial charge in [0.1, 0.15) is 0 Å². The van der Waals surface area contributed by atoms with Crippen LogP contribution in [-0.4, -0.2) is 39.9 Å². The molecule has 1 amide bonds. The minimum atomic E-state index is -2.09. The molecule has 1 fully saturated rings. The zero-order valence-corrected chi connectivity index (χ0v) is 16.5. The van der Waals surface area contributed by atoms with E-state index in [4.69, 9.17) is 0 Å². The molecule has 4 heteroatoms. The number of carbonyl (C=O) groups excluding carboxylic acids is 1. The van der Waals surface area contributed by atoms with E-state index in [2.05, 4.69) is 31.5 Å². The van der Waals surface area contributed by atoms with Gasteiger partial charge in [0.05, 0.1) is 0 Å². The number of carbonyl (C=O) groups is 1. The van der Waals surface area contributed by atoms with Gasteiger partial charge in [-0.05, 0) is 0 Å². The molecule has 1 aliphatic rings. The molecule has 1 rings (SSSR count). The summed E-state index contributed by atoms with van der Waals surface area (Å²) in [7, 11) is 0. The molecule has 114 valence electrons. The van der Waals surface area contributed by atoms with Crippen molar-refractivity contribution < 1.29 is 4.79 Å². The van der Waals surface area contributed by atoms with Crippen molar-refractivity contribution in [3.8, 4) is 0 Å². The Hall–Kier alpha value is 0.740. The van der Waals surface area contributed by atoms with E-state index in [1.807, 2.05) is 0 Å². The van der Waals surface area contributed by atoms with Crippen LogP contribution in [0.1, 0.15) is 58.8 Å². The zero-order chi connectivity index (χ0) is 14.1. The third kappa shape index (κ3) is 6.82. The van der Waals surface area contributed by atoms with Crippen molar-refractivity contribution in [3.05, 3.63) is 0 Å². The number of unbranched alkanes of at least 4 members (excludes halogenated alkanes) is 2. The van der Waals surface area contributed by atoms with E-state index in [-0.39, 0.29) is 0 Å². The summed E-state index contributed by atoms with van der Waals surface area (Å²) < 4.78 is 3.51. The zero-order valence-electron chi connectivity index (χ0n) is 12.6. The number of piperidine rings is 1. The van der Waals surface area contributed by atoms with Crippen LogP contribution in [0.2, 0.25) is 13.4 Å². The number of rotatable bonds is 8. The second-order valence-electron chi connectivity index (χ2n) is 5.64. The van der Waals surface area contributed by atoms with Crippen molar-refractivity contribution >= 4 is 34.6 Å². The van der Waals surface area contributed by atoms with E-state index >= 15 is 0 Å². The van der Waals surface area contributed by atoms with Crippen molar-refractivity contribution in [2.24, 2.45) is 0 Å². The van der Waals surface area contributed by atoms with Gasteiger partial charge in [-0.1, -0.05) is 0 Å². The van der Waals surface area contributed by atoms with Crippen LogP contribution in [0.15, 0.2) is 0 Å². The van der Waals surface area contributed by atoms with Crippen molar-refractivity contribution in [2.45, 2.75) is 72.2 Å². The molecule has 1 aliphatic heterocycles. The van der Waals surface area contributed by atoms with Crippen LogP contribution in [0.5, 0.6) is 0 Å². The summed E-state index contributed by atoms with van der Waals surface area (Å²) in [6, 6.07) is 0. The molecule has 0 spiro atoms. The van der Waals surface area contributed by atoms with Crippen LogP contribution in [0.25, 0.3) is 0 Å². The summed E-state index contributed by atoms with van der Waals surface area (Å²) in [6.45, 7) is 6.52. The quantitative estimate of drug-likeness (QED) is 0.483. The van der Waals surface area contributed by atoms with E-state index in [9.17, 15) is 4.79 Å². The maximum atomic E-state index is 12.5. The molecular weight excluding hydrogens is 418 g/mol. The normalized spacial score (nSPS) is 17.5. The van der Waals surface area contributed by atoms with Crippen LogP contribution >= 0.6 is 12.8 Å². The summed E-state index contributed by atoms with van der Waals surface area (Å²) in [5.74, 6) is 0.449. The molecule has 0 saturated carbocycles. The van der Waals surface area contributed by atoms with Crippen molar-refractivity contribution in [1.82, 2.24) is 4.90 Å². The van der Waals surface area contributed by atoms with E-state index in [0.717, 1.165) is 17.6 Å². The number of amides is 1. The van der Waals surface area contributed by atoms with Gasteiger partial charge in [0.25, 0.3) is 0 Å². The topological polar surface area (TPSA) is 20.3 Å². The first-order valence-corrected chi connectivity index (χ1v) is 18.0. The number of hydrogen-bond acceptors (Lipinski definition) is 1. The van der Waals surface area contributed by atoms with Crippen LogP contribution in [0, 0.1) is 0 Å². The van der Waals surface area contributed by atoms with Gasteiger partial charge in [0, 0.05) is 0 Å². The predicted molar refractivity (Wildman–Crippen MR) is 89.3 cm³/mol. The Balaban J connectivity index is 2.51. The van der Waals surface area contributed by atoms with Gasteiger partial charge in [0.2, 0.25) is 0 Å². The second-order valence-corrected chi connectivity index (χ2v) is 23.4. The monoisotopic (exact) mass is 449 g/mol. The summed E-state index contributed by atoms with van der Waals surface area (Å²) in [5.41, 5.74) is 0. The van der Waals surface area contributed by atoms with Crippen molar-refractivity contribution in [2.75, 3.05) is 13.1 Å². The molecule has 2 nitrogen and oxygen atoms in total. The number of nitrogens with zero attached hydrogens (tertiary/aromatic N) is 1. The van der Waals surface area contributed by atoms with Crippen LogP contribution in [-0.2, 0) is 4.79 Å². The summed E-state index contributed by atoms with van der Waals surface area (Å²) >= 11 is 2.00. The molecule has 0 aromatic heterocycles. The Bertz CT molecular complexity index is 259. The molecule has 0 atom stereocenters. The Kier molecular flexibility index (Phi) is 9.02. The summed E-state index contributed by atoms with van der Waals surface area (Å²) in [4.78, 5) is 14.6. The van der Waals surface area contributed by atoms with Crippen LogP contribution in [0.4, 0.5) is 0 Å². The predicted octanol–water partition coefficient (Wildman–Crippen LogP) is 4.94. The van der Waals surface area contributed by atoms with Crippen LogP contribution < -0.4 is 0 Å². The van der Waals surface area contributed by atoms with E-state index < -0.39 is 16.0 Å². The first-order valence-electron chi connectivity index (χ1n) is 7.85. The molecule has 0 aromatic rings. The average Bonchev–Trinajstić information content (AvgIpc) is 2.44. The first kappa shape index (κ1) is 17.8. The number of halogens is 1. The third-order valence-corrected chi connectivity index (χ3v) is 17.7. The molecule has 0 bridgehead atoms. The van der Waals surface area contributed by atoms with Crippen molar-refractivity contribution in [1.29, 1.82) is 0 Å². The first-order chi connectivity index (χ1) is 9.11. The van der Waals surface area contributed by atoms with E-state index in [0.29, 0.717) is 5.91 Å². The summed E-state index contributed by atoms with van der Waals surface area (Å²) in [5, 5.41) is 0. The van der Waals surface area contributed by atoms with E-state index in [1.165, 1.54) is 53.9 Å². The Labute approximate surface area is 129 Å². The molecule has 19 heavy (non-hydrogen) atoms. The molecular formula is C15H30BrNOTe. The Morgan fingerprint density at radius 2 is 1.58 bits per heavy atom. The summed E-state index contributed by atoms with van der Waals surface area (Å²) in [6.07, 6.45) is 8.81. The molecule has 0 N–H and O–H groups in total. The maximum absolute atomic E-state index is 12.5. The minimum absolute atomic E-state index is 0.449. The van der Waals surface area contributed by atoms with Crippen LogP contribution in [0.3, 0.4) is 0 Å². The van der Waals surface area contributed by atoms with Gasteiger partial charge in [-0.15, -0.1) is 0 Å². The molecule has 0 aliphatic carbocycles. The molecule has 1 heterocycles. The second kappa shape index (κ2) is 9.64. The molecule has 0 radical (unpaired) electrons. The fraction of sp³-hybridized carbons (Fsp3) is 0.933. The van der Waals surface area contributed by atoms with Gasteiger partial charge < -0.3 is 0 Å². The molecule has 1 saturated heterocycles. The van der Waals surface area contributed by atoms with Gasteiger partial charge in [0.15, 0.2) is 0 Å². The van der Waals surface area contributed by atoms with Gasteiger partial charge in [-0.2, -0.15) is 0 Å². The van der Waals surface area contributed by atoms with Crippen molar-refractivity contribution in [3.63, 3.8) is 0 Å². The van der Waals surface area contributed by atoms with Gasteiger partial charge in [-0.3, -0.25) is 0 Å². The Morgan fingerprint density at radius 3 is 2.05 bits per heavy atom. The molecule has 0 unspecified atom stereocenters. The fourth-order valence-electron chi connectivity index (χ4n) is 2.51. The number of hydrogen-bond donors (Lipinski definition) is 0. The Morgan fingerprint density at radius 1 is 1.05 bits per heavy atom.